The molecule has 1 atom stereocenters. The first kappa shape index (κ1) is 14.4. The van der Waals surface area contributed by atoms with Crippen LogP contribution in [0.5, 0.6) is 0 Å². The lowest BCUT2D eigenvalue weighted by Crippen LogP contribution is -2.12. The maximum Gasteiger partial charge on any atom is 0.416 e. The Labute approximate surface area is 125 Å². The lowest BCUT2D eigenvalue weighted by molar-refractivity contribution is -0.137. The molecule has 0 amide bonds. The van der Waals surface area contributed by atoms with Crippen molar-refractivity contribution in [3.8, 4) is 0 Å². The largest absolute Gasteiger partial charge is 0.416 e. The Morgan fingerprint density at radius 2 is 2.10 bits per heavy atom. The number of alkyl halides is 3. The van der Waals surface area contributed by atoms with Gasteiger partial charge in [0.25, 0.3) is 0 Å². The Bertz CT molecular complexity index is 739. The molecule has 3 rings (SSSR count). The molecule has 112 valence electrons. The van der Waals surface area contributed by atoms with Gasteiger partial charge in [-0.05, 0) is 55.6 Å². The van der Waals surface area contributed by atoms with Gasteiger partial charge in [-0.15, -0.1) is 0 Å². The molecule has 2 nitrogen and oxygen atoms in total. The van der Waals surface area contributed by atoms with Crippen molar-refractivity contribution in [3.05, 3.63) is 40.7 Å². The summed E-state index contributed by atoms with van der Waals surface area (Å²) in [7, 11) is 0. The summed E-state index contributed by atoms with van der Waals surface area (Å²) in [5.41, 5.74) is 0.530. The average molecular weight is 312 g/mol. The van der Waals surface area contributed by atoms with Crippen LogP contribution < -0.4 is 0 Å². The zero-order valence-electron chi connectivity index (χ0n) is 11.3. The predicted molar refractivity (Wildman–Crippen MR) is 78.6 cm³/mol. The van der Waals surface area contributed by atoms with Crippen molar-refractivity contribution in [2.45, 2.75) is 32.0 Å². The molecule has 1 aromatic heterocycles. The van der Waals surface area contributed by atoms with Crippen LogP contribution in [0.1, 0.15) is 24.8 Å². The van der Waals surface area contributed by atoms with Gasteiger partial charge in [0, 0.05) is 6.54 Å². The molecule has 0 saturated heterocycles. The molecule has 1 heterocycles. The Balaban J connectivity index is 1.98. The van der Waals surface area contributed by atoms with Crippen LogP contribution in [0.4, 0.5) is 13.2 Å². The van der Waals surface area contributed by atoms with Gasteiger partial charge >= 0.3 is 6.18 Å². The summed E-state index contributed by atoms with van der Waals surface area (Å²) in [6, 6.07) is 3.74. The van der Waals surface area contributed by atoms with Crippen molar-refractivity contribution in [1.29, 1.82) is 0 Å². The Morgan fingerprint density at radius 1 is 1.29 bits per heavy atom. The zero-order valence-corrected chi connectivity index (χ0v) is 12.1. The third kappa shape index (κ3) is 2.90. The first-order valence-electron chi connectivity index (χ1n) is 6.90. The molecule has 6 heteroatoms. The summed E-state index contributed by atoms with van der Waals surface area (Å²) in [5, 5.41) is 0. The number of hydrogen-bond acceptors (Lipinski definition) is 1. The molecule has 0 saturated carbocycles. The van der Waals surface area contributed by atoms with Gasteiger partial charge in [0.05, 0.1) is 16.6 Å². The summed E-state index contributed by atoms with van der Waals surface area (Å²) in [6.45, 7) is 0.745. The molecule has 1 N–H and O–H groups in total. The van der Waals surface area contributed by atoms with E-state index in [0.717, 1.165) is 43.5 Å². The van der Waals surface area contributed by atoms with E-state index in [0.29, 0.717) is 16.2 Å². The fourth-order valence-corrected chi connectivity index (χ4v) is 3.08. The number of nitrogens with zero attached hydrogens (tertiary/aromatic N) is 1. The molecule has 1 aliphatic rings. The number of nitrogens with one attached hydrogen (secondary N) is 1. The SMILES string of the molecule is FC(F)(F)c1ccc2c(c1)[nH]c(=S)n2CC1CC=CCC1. The Hall–Kier alpha value is -1.56. The van der Waals surface area contributed by atoms with E-state index in [4.69, 9.17) is 12.2 Å². The van der Waals surface area contributed by atoms with E-state index in [-0.39, 0.29) is 0 Å². The predicted octanol–water partition coefficient (Wildman–Crippen LogP) is 5.07. The van der Waals surface area contributed by atoms with Gasteiger partial charge in [0.2, 0.25) is 0 Å². The Kier molecular flexibility index (Phi) is 3.65. The highest BCUT2D eigenvalue weighted by molar-refractivity contribution is 7.71. The monoisotopic (exact) mass is 312 g/mol. The molecular formula is C15H15F3N2S. The first-order chi connectivity index (χ1) is 9.95. The maximum absolute atomic E-state index is 12.7. The molecule has 21 heavy (non-hydrogen) atoms. The lowest BCUT2D eigenvalue weighted by Gasteiger charge is -2.18. The standard InChI is InChI=1S/C15H15F3N2S/c16-15(17,18)11-6-7-13-12(8-11)19-14(21)20(13)9-10-4-2-1-3-5-10/h1-2,6-8,10H,3-5,9H2,(H,19,21). The third-order valence-electron chi connectivity index (χ3n) is 3.92. The lowest BCUT2D eigenvalue weighted by atomic mass is 9.94. The second-order valence-corrected chi connectivity index (χ2v) is 5.81. The zero-order chi connectivity index (χ0) is 15.0. The van der Waals surface area contributed by atoms with E-state index in [1.165, 1.54) is 6.07 Å². The number of benzene rings is 1. The maximum atomic E-state index is 12.7. The molecule has 0 spiro atoms. The first-order valence-corrected chi connectivity index (χ1v) is 7.31. The molecule has 2 aromatic rings. The van der Waals surface area contributed by atoms with E-state index in [1.54, 1.807) is 0 Å². The van der Waals surface area contributed by atoms with E-state index < -0.39 is 11.7 Å². The summed E-state index contributed by atoms with van der Waals surface area (Å²) in [4.78, 5) is 2.89. The Morgan fingerprint density at radius 3 is 2.76 bits per heavy atom. The summed E-state index contributed by atoms with van der Waals surface area (Å²) in [6.07, 6.45) is 3.13. The van der Waals surface area contributed by atoms with Crippen LogP contribution in [0.2, 0.25) is 0 Å². The molecule has 0 fully saturated rings. The number of hydrogen-bond donors (Lipinski definition) is 1. The highest BCUT2D eigenvalue weighted by atomic mass is 32.1. The van der Waals surface area contributed by atoms with Gasteiger partial charge in [0.15, 0.2) is 4.77 Å². The van der Waals surface area contributed by atoms with Crippen LogP contribution >= 0.6 is 12.2 Å². The molecule has 0 radical (unpaired) electrons. The van der Waals surface area contributed by atoms with Gasteiger partial charge in [-0.3, -0.25) is 0 Å². The van der Waals surface area contributed by atoms with Crippen molar-refractivity contribution >= 4 is 23.3 Å². The summed E-state index contributed by atoms with van der Waals surface area (Å²) >= 11 is 5.27. The number of halogens is 3. The minimum atomic E-state index is -4.33. The summed E-state index contributed by atoms with van der Waals surface area (Å²) < 4.78 is 40.6. The number of aromatic amines is 1. The topological polar surface area (TPSA) is 20.7 Å². The van der Waals surface area contributed by atoms with E-state index in [9.17, 15) is 13.2 Å². The number of fused-ring (bicyclic) bond motifs is 1. The minimum absolute atomic E-state index is 0.446. The van der Waals surface area contributed by atoms with Crippen LogP contribution in [0, 0.1) is 10.7 Å². The van der Waals surface area contributed by atoms with E-state index in [1.807, 2.05) is 4.57 Å². The number of imidazole rings is 1. The minimum Gasteiger partial charge on any atom is -0.331 e. The highest BCUT2D eigenvalue weighted by Gasteiger charge is 2.30. The van der Waals surface area contributed by atoms with Crippen molar-refractivity contribution < 1.29 is 13.2 Å². The van der Waals surface area contributed by atoms with Gasteiger partial charge in [0.1, 0.15) is 0 Å². The molecule has 1 unspecified atom stereocenters. The second kappa shape index (κ2) is 5.33. The normalized spacial score (nSPS) is 19.3. The van der Waals surface area contributed by atoms with Gasteiger partial charge < -0.3 is 9.55 Å². The fraction of sp³-hybridized carbons (Fsp3) is 0.400. The van der Waals surface area contributed by atoms with Crippen molar-refractivity contribution in [3.63, 3.8) is 0 Å². The molecular weight excluding hydrogens is 297 g/mol. The number of aromatic nitrogens is 2. The third-order valence-corrected chi connectivity index (χ3v) is 4.24. The van der Waals surface area contributed by atoms with Gasteiger partial charge in [-0.1, -0.05) is 12.2 Å². The summed E-state index contributed by atoms with van der Waals surface area (Å²) in [5.74, 6) is 0.489. The van der Waals surface area contributed by atoms with Crippen LogP contribution in [0.3, 0.4) is 0 Å². The van der Waals surface area contributed by atoms with Gasteiger partial charge in [-0.2, -0.15) is 13.2 Å². The van der Waals surface area contributed by atoms with Crippen molar-refractivity contribution in [2.24, 2.45) is 5.92 Å². The van der Waals surface area contributed by atoms with Gasteiger partial charge in [-0.25, -0.2) is 0 Å². The number of allylic oxidation sites excluding steroid dienone is 2. The number of rotatable bonds is 2. The quantitative estimate of drug-likeness (QED) is 0.606. The second-order valence-electron chi connectivity index (χ2n) is 5.42. The van der Waals surface area contributed by atoms with Crippen LogP contribution in [-0.2, 0) is 12.7 Å². The highest BCUT2D eigenvalue weighted by Crippen LogP contribution is 2.31. The molecule has 1 aromatic carbocycles. The van der Waals surface area contributed by atoms with Crippen LogP contribution in [0.15, 0.2) is 30.4 Å². The fourth-order valence-electron chi connectivity index (χ4n) is 2.80. The molecule has 0 aliphatic heterocycles. The molecule has 0 bridgehead atoms. The van der Waals surface area contributed by atoms with E-state index in [2.05, 4.69) is 17.1 Å². The number of H-pyrrole nitrogens is 1. The average Bonchev–Trinajstić information content (AvgIpc) is 2.75. The molecule has 1 aliphatic carbocycles. The smallest absolute Gasteiger partial charge is 0.331 e. The van der Waals surface area contributed by atoms with Crippen LogP contribution in [0.25, 0.3) is 11.0 Å². The van der Waals surface area contributed by atoms with Crippen LogP contribution in [-0.4, -0.2) is 9.55 Å². The van der Waals surface area contributed by atoms with E-state index >= 15 is 0 Å². The van der Waals surface area contributed by atoms with Crippen molar-refractivity contribution in [1.82, 2.24) is 9.55 Å². The van der Waals surface area contributed by atoms with Crippen molar-refractivity contribution in [2.75, 3.05) is 0 Å².